The summed E-state index contributed by atoms with van der Waals surface area (Å²) in [6, 6.07) is 6.76. The Labute approximate surface area is 175 Å². The Morgan fingerprint density at radius 3 is 1.93 bits per heavy atom. The molecule has 0 saturated carbocycles. The van der Waals surface area contributed by atoms with E-state index in [0.717, 1.165) is 5.56 Å². The Bertz CT molecular complexity index is 703. The molecule has 0 bridgehead atoms. The largest absolute Gasteiger partial charge is 0.352 e. The standard InChI is InChI=1S/C23H37N3O3/c1-9-26(14-19(27)24-16(4)5)22(29)20(15(2)3)25-21(28)17-10-12-18(13-11-17)23(6,7)8/h10-13,15-16,20H,9,14H2,1-8H3,(H,24,27)(H,25,28). The van der Waals surface area contributed by atoms with Gasteiger partial charge in [0.15, 0.2) is 0 Å². The van der Waals surface area contributed by atoms with Crippen molar-refractivity contribution < 1.29 is 14.4 Å². The van der Waals surface area contributed by atoms with Gasteiger partial charge in [-0.15, -0.1) is 0 Å². The molecule has 29 heavy (non-hydrogen) atoms. The summed E-state index contributed by atoms with van der Waals surface area (Å²) in [5.41, 5.74) is 1.65. The highest BCUT2D eigenvalue weighted by Crippen LogP contribution is 2.22. The maximum Gasteiger partial charge on any atom is 0.251 e. The molecule has 1 aromatic carbocycles. The molecule has 0 fully saturated rings. The maximum atomic E-state index is 13.0. The Morgan fingerprint density at radius 1 is 0.966 bits per heavy atom. The molecule has 6 nitrogen and oxygen atoms in total. The third-order valence-corrected chi connectivity index (χ3v) is 4.71. The van der Waals surface area contributed by atoms with Crippen molar-refractivity contribution in [3.8, 4) is 0 Å². The number of carbonyl (C=O) groups excluding carboxylic acids is 3. The number of benzene rings is 1. The van der Waals surface area contributed by atoms with Crippen molar-refractivity contribution in [3.05, 3.63) is 35.4 Å². The monoisotopic (exact) mass is 403 g/mol. The van der Waals surface area contributed by atoms with Crippen LogP contribution >= 0.6 is 0 Å². The summed E-state index contributed by atoms with van der Waals surface area (Å²) >= 11 is 0. The number of hydrogen-bond donors (Lipinski definition) is 2. The molecule has 1 aromatic rings. The fourth-order valence-electron chi connectivity index (χ4n) is 2.94. The van der Waals surface area contributed by atoms with Gasteiger partial charge in [-0.3, -0.25) is 14.4 Å². The SMILES string of the molecule is CCN(CC(=O)NC(C)C)C(=O)C(NC(=O)c1ccc(C(C)(C)C)cc1)C(C)C. The van der Waals surface area contributed by atoms with Crippen molar-refractivity contribution >= 4 is 17.7 Å². The Hall–Kier alpha value is -2.37. The van der Waals surface area contributed by atoms with Crippen molar-refractivity contribution in [1.29, 1.82) is 0 Å². The molecule has 0 radical (unpaired) electrons. The van der Waals surface area contributed by atoms with Gasteiger partial charge in [0.05, 0.1) is 6.54 Å². The molecule has 1 unspecified atom stereocenters. The summed E-state index contributed by atoms with van der Waals surface area (Å²) < 4.78 is 0. The topological polar surface area (TPSA) is 78.5 Å². The minimum atomic E-state index is -0.698. The van der Waals surface area contributed by atoms with Gasteiger partial charge in [-0.25, -0.2) is 0 Å². The molecular formula is C23H37N3O3. The molecule has 3 amide bonds. The normalized spacial score (nSPS) is 12.6. The second-order valence-corrected chi connectivity index (χ2v) is 9.10. The first-order valence-corrected chi connectivity index (χ1v) is 10.4. The molecule has 1 atom stereocenters. The number of rotatable bonds is 8. The van der Waals surface area contributed by atoms with Crippen LogP contribution in [0.4, 0.5) is 0 Å². The first-order valence-electron chi connectivity index (χ1n) is 10.4. The minimum Gasteiger partial charge on any atom is -0.352 e. The number of nitrogens with zero attached hydrogens (tertiary/aromatic N) is 1. The van der Waals surface area contributed by atoms with Gasteiger partial charge in [-0.2, -0.15) is 0 Å². The van der Waals surface area contributed by atoms with E-state index in [0.29, 0.717) is 12.1 Å². The molecule has 162 valence electrons. The summed E-state index contributed by atoms with van der Waals surface area (Å²) in [6.45, 7) is 16.1. The lowest BCUT2D eigenvalue weighted by Crippen LogP contribution is -2.53. The van der Waals surface area contributed by atoms with E-state index in [1.54, 1.807) is 12.1 Å². The first-order chi connectivity index (χ1) is 13.4. The average molecular weight is 404 g/mol. The van der Waals surface area contributed by atoms with Crippen LogP contribution < -0.4 is 10.6 Å². The third kappa shape index (κ3) is 7.52. The maximum absolute atomic E-state index is 13.0. The summed E-state index contributed by atoms with van der Waals surface area (Å²) in [6.07, 6.45) is 0. The van der Waals surface area contributed by atoms with Gasteiger partial charge in [0.2, 0.25) is 11.8 Å². The van der Waals surface area contributed by atoms with Crippen LogP contribution in [0.2, 0.25) is 0 Å². The highest BCUT2D eigenvalue weighted by atomic mass is 16.2. The van der Waals surface area contributed by atoms with Gasteiger partial charge in [-0.1, -0.05) is 46.8 Å². The lowest BCUT2D eigenvalue weighted by molar-refractivity contribution is -0.138. The molecular weight excluding hydrogens is 366 g/mol. The predicted molar refractivity (Wildman–Crippen MR) is 117 cm³/mol. The number of amides is 3. The van der Waals surface area contributed by atoms with Gasteiger partial charge in [0, 0.05) is 18.2 Å². The summed E-state index contributed by atoms with van der Waals surface area (Å²) in [5, 5.41) is 5.65. The smallest absolute Gasteiger partial charge is 0.251 e. The molecule has 6 heteroatoms. The molecule has 0 aliphatic rings. The van der Waals surface area contributed by atoms with E-state index in [-0.39, 0.29) is 41.6 Å². The third-order valence-electron chi connectivity index (χ3n) is 4.71. The number of nitrogens with one attached hydrogen (secondary N) is 2. The number of hydrogen-bond acceptors (Lipinski definition) is 3. The number of carbonyl (C=O) groups is 3. The minimum absolute atomic E-state index is 0.00360. The van der Waals surface area contributed by atoms with E-state index in [2.05, 4.69) is 31.4 Å². The molecule has 0 aromatic heterocycles. The molecule has 0 spiro atoms. The fraction of sp³-hybridized carbons (Fsp3) is 0.609. The molecule has 0 heterocycles. The molecule has 0 aliphatic heterocycles. The van der Waals surface area contributed by atoms with E-state index in [9.17, 15) is 14.4 Å². The zero-order valence-corrected chi connectivity index (χ0v) is 19.1. The van der Waals surface area contributed by atoms with E-state index in [1.165, 1.54) is 4.90 Å². The summed E-state index contributed by atoms with van der Waals surface area (Å²) in [4.78, 5) is 39.3. The van der Waals surface area contributed by atoms with Gasteiger partial charge in [0.25, 0.3) is 5.91 Å². The van der Waals surface area contributed by atoms with Crippen molar-refractivity contribution in [2.24, 2.45) is 5.92 Å². The van der Waals surface area contributed by atoms with E-state index < -0.39 is 6.04 Å². The quantitative estimate of drug-likeness (QED) is 0.700. The van der Waals surface area contributed by atoms with Crippen LogP contribution in [0, 0.1) is 5.92 Å². The van der Waals surface area contributed by atoms with Crippen molar-refractivity contribution in [2.75, 3.05) is 13.1 Å². The van der Waals surface area contributed by atoms with Crippen LogP contribution in [-0.2, 0) is 15.0 Å². The Kier molecular flexibility index (Phi) is 8.86. The van der Waals surface area contributed by atoms with Crippen LogP contribution in [0.5, 0.6) is 0 Å². The van der Waals surface area contributed by atoms with E-state index in [4.69, 9.17) is 0 Å². The highest BCUT2D eigenvalue weighted by Gasteiger charge is 2.29. The highest BCUT2D eigenvalue weighted by molar-refractivity contribution is 5.98. The fourth-order valence-corrected chi connectivity index (χ4v) is 2.94. The van der Waals surface area contributed by atoms with Gasteiger partial charge >= 0.3 is 0 Å². The van der Waals surface area contributed by atoms with Crippen LogP contribution in [0.25, 0.3) is 0 Å². The van der Waals surface area contributed by atoms with Crippen LogP contribution in [0.3, 0.4) is 0 Å². The second-order valence-electron chi connectivity index (χ2n) is 9.10. The van der Waals surface area contributed by atoms with Crippen LogP contribution in [0.1, 0.15) is 71.3 Å². The molecule has 1 rings (SSSR count). The second kappa shape index (κ2) is 10.4. The van der Waals surface area contributed by atoms with Crippen LogP contribution in [0.15, 0.2) is 24.3 Å². The summed E-state index contributed by atoms with van der Waals surface area (Å²) in [7, 11) is 0. The van der Waals surface area contributed by atoms with Crippen molar-refractivity contribution in [1.82, 2.24) is 15.5 Å². The zero-order valence-electron chi connectivity index (χ0n) is 19.1. The molecule has 0 saturated heterocycles. The lowest BCUT2D eigenvalue weighted by Gasteiger charge is -2.29. The van der Waals surface area contributed by atoms with Gasteiger partial charge in [-0.05, 0) is 49.8 Å². The molecule has 0 aliphatic carbocycles. The Morgan fingerprint density at radius 2 is 1.52 bits per heavy atom. The van der Waals surface area contributed by atoms with Crippen LogP contribution in [-0.4, -0.2) is 47.8 Å². The predicted octanol–water partition coefficient (Wildman–Crippen LogP) is 3.11. The van der Waals surface area contributed by atoms with Gasteiger partial charge in [0.1, 0.15) is 6.04 Å². The zero-order chi connectivity index (χ0) is 22.4. The number of likely N-dealkylation sites (N-methyl/N-ethyl adjacent to an activating group) is 1. The molecule has 2 N–H and O–H groups in total. The average Bonchev–Trinajstić information content (AvgIpc) is 2.62. The Balaban J connectivity index is 2.91. The first kappa shape index (κ1) is 24.7. The van der Waals surface area contributed by atoms with E-state index >= 15 is 0 Å². The lowest BCUT2D eigenvalue weighted by atomic mass is 9.86. The van der Waals surface area contributed by atoms with E-state index in [1.807, 2.05) is 46.8 Å². The van der Waals surface area contributed by atoms with Crippen molar-refractivity contribution in [2.45, 2.75) is 72.9 Å². The van der Waals surface area contributed by atoms with Gasteiger partial charge < -0.3 is 15.5 Å². The van der Waals surface area contributed by atoms with Crippen molar-refractivity contribution in [3.63, 3.8) is 0 Å². The summed E-state index contributed by atoms with van der Waals surface area (Å²) in [5.74, 6) is -0.856.